The van der Waals surface area contributed by atoms with Gasteiger partial charge in [-0.3, -0.25) is 0 Å². The molecule has 0 saturated heterocycles. The van der Waals surface area contributed by atoms with Crippen LogP contribution in [0.3, 0.4) is 0 Å². The number of alkyl carbamates (subject to hydrolysis) is 1. The second-order valence-electron chi connectivity index (χ2n) is 5.52. The Morgan fingerprint density at radius 2 is 2.10 bits per heavy atom. The van der Waals surface area contributed by atoms with E-state index in [9.17, 15) is 9.18 Å². The SMILES string of the molecule is CC(C)(C)OC(=O)NCCCNc1ccc(C#N)cc1F. The maximum atomic E-state index is 13.6. The second kappa shape index (κ2) is 7.48. The number of amides is 1. The van der Waals surface area contributed by atoms with E-state index in [1.165, 1.54) is 12.1 Å². The summed E-state index contributed by atoms with van der Waals surface area (Å²) in [4.78, 5) is 11.4. The Morgan fingerprint density at radius 1 is 1.38 bits per heavy atom. The highest BCUT2D eigenvalue weighted by Crippen LogP contribution is 2.15. The molecule has 0 fully saturated rings. The third-order valence-electron chi connectivity index (χ3n) is 2.44. The van der Waals surface area contributed by atoms with Crippen LogP contribution in [-0.2, 0) is 4.74 Å². The highest BCUT2D eigenvalue weighted by Gasteiger charge is 2.15. The Hall–Kier alpha value is -2.29. The van der Waals surface area contributed by atoms with Gasteiger partial charge in [-0.05, 0) is 45.4 Å². The Morgan fingerprint density at radius 3 is 2.67 bits per heavy atom. The molecule has 0 unspecified atom stereocenters. The minimum Gasteiger partial charge on any atom is -0.444 e. The number of ether oxygens (including phenoxy) is 1. The number of halogens is 1. The van der Waals surface area contributed by atoms with Crippen LogP contribution in [0.25, 0.3) is 0 Å². The number of carbonyl (C=O) groups is 1. The highest BCUT2D eigenvalue weighted by atomic mass is 19.1. The summed E-state index contributed by atoms with van der Waals surface area (Å²) in [5.41, 5.74) is 0.101. The fraction of sp³-hybridized carbons (Fsp3) is 0.467. The first kappa shape index (κ1) is 16.8. The lowest BCUT2D eigenvalue weighted by molar-refractivity contribution is 0.0528. The molecule has 1 rings (SSSR count). The average Bonchev–Trinajstić information content (AvgIpc) is 2.37. The summed E-state index contributed by atoms with van der Waals surface area (Å²) in [5, 5.41) is 14.2. The van der Waals surface area contributed by atoms with Crippen LogP contribution in [-0.4, -0.2) is 24.8 Å². The van der Waals surface area contributed by atoms with Gasteiger partial charge >= 0.3 is 6.09 Å². The Kier molecular flexibility index (Phi) is 5.97. The van der Waals surface area contributed by atoms with Crippen LogP contribution in [0.4, 0.5) is 14.9 Å². The zero-order valence-corrected chi connectivity index (χ0v) is 12.5. The van der Waals surface area contributed by atoms with Gasteiger partial charge in [0.1, 0.15) is 11.4 Å². The lowest BCUT2D eigenvalue weighted by atomic mass is 10.2. The number of benzene rings is 1. The largest absolute Gasteiger partial charge is 0.444 e. The summed E-state index contributed by atoms with van der Waals surface area (Å²) in [6.45, 7) is 6.31. The van der Waals surface area contributed by atoms with Crippen LogP contribution in [0.15, 0.2) is 18.2 Å². The molecule has 114 valence electrons. The summed E-state index contributed by atoms with van der Waals surface area (Å²) in [6, 6.07) is 6.12. The van der Waals surface area contributed by atoms with E-state index >= 15 is 0 Å². The summed E-state index contributed by atoms with van der Waals surface area (Å²) >= 11 is 0. The molecule has 5 nitrogen and oxygen atoms in total. The fourth-order valence-electron chi connectivity index (χ4n) is 1.54. The van der Waals surface area contributed by atoms with E-state index in [2.05, 4.69) is 10.6 Å². The third kappa shape index (κ3) is 6.61. The van der Waals surface area contributed by atoms with Gasteiger partial charge < -0.3 is 15.4 Å². The Labute approximate surface area is 124 Å². The van der Waals surface area contributed by atoms with Crippen molar-refractivity contribution in [2.45, 2.75) is 32.8 Å². The molecule has 0 aliphatic carbocycles. The molecule has 0 aromatic heterocycles. The van der Waals surface area contributed by atoms with E-state index in [-0.39, 0.29) is 5.56 Å². The van der Waals surface area contributed by atoms with Crippen LogP contribution >= 0.6 is 0 Å². The lowest BCUT2D eigenvalue weighted by Gasteiger charge is -2.19. The molecule has 2 N–H and O–H groups in total. The molecule has 0 heterocycles. The maximum Gasteiger partial charge on any atom is 0.407 e. The molecular weight excluding hydrogens is 273 g/mol. The summed E-state index contributed by atoms with van der Waals surface area (Å²) in [6.07, 6.45) is 0.158. The van der Waals surface area contributed by atoms with Gasteiger partial charge in [-0.15, -0.1) is 0 Å². The van der Waals surface area contributed by atoms with E-state index in [0.29, 0.717) is 25.2 Å². The smallest absolute Gasteiger partial charge is 0.407 e. The molecule has 21 heavy (non-hydrogen) atoms. The van der Waals surface area contributed by atoms with Gasteiger partial charge in [0.15, 0.2) is 0 Å². The minimum atomic E-state index is -0.520. The number of hydrogen-bond acceptors (Lipinski definition) is 4. The number of carbonyl (C=O) groups excluding carboxylic acids is 1. The first-order valence-corrected chi connectivity index (χ1v) is 6.72. The molecule has 1 aromatic carbocycles. The summed E-state index contributed by atoms with van der Waals surface area (Å²) < 4.78 is 18.6. The van der Waals surface area contributed by atoms with Crippen molar-refractivity contribution >= 4 is 11.8 Å². The van der Waals surface area contributed by atoms with Gasteiger partial charge in [0.05, 0.1) is 17.3 Å². The molecule has 0 spiro atoms. The van der Waals surface area contributed by atoms with Crippen molar-refractivity contribution in [1.82, 2.24) is 5.32 Å². The first-order valence-electron chi connectivity index (χ1n) is 6.72. The molecule has 0 bridgehead atoms. The van der Waals surface area contributed by atoms with Crippen molar-refractivity contribution in [2.24, 2.45) is 0 Å². The van der Waals surface area contributed by atoms with Crippen molar-refractivity contribution < 1.29 is 13.9 Å². The molecule has 0 aliphatic rings. The van der Waals surface area contributed by atoms with Crippen molar-refractivity contribution in [3.05, 3.63) is 29.6 Å². The molecular formula is C15H20FN3O2. The van der Waals surface area contributed by atoms with Gasteiger partial charge in [0.2, 0.25) is 0 Å². The van der Waals surface area contributed by atoms with Gasteiger partial charge in [-0.1, -0.05) is 0 Å². The van der Waals surface area contributed by atoms with Gasteiger partial charge in [0, 0.05) is 13.1 Å². The fourth-order valence-corrected chi connectivity index (χ4v) is 1.54. The number of anilines is 1. The third-order valence-corrected chi connectivity index (χ3v) is 2.44. The average molecular weight is 293 g/mol. The Bertz CT molecular complexity index is 533. The molecule has 0 atom stereocenters. The topological polar surface area (TPSA) is 74.2 Å². The number of nitrogens with one attached hydrogen (secondary N) is 2. The summed E-state index contributed by atoms with van der Waals surface area (Å²) in [7, 11) is 0. The van der Waals surface area contributed by atoms with Crippen molar-refractivity contribution in [3.63, 3.8) is 0 Å². The molecule has 0 radical (unpaired) electrons. The predicted octanol–water partition coefficient (Wildman–Crippen LogP) is 3.02. The van der Waals surface area contributed by atoms with Crippen molar-refractivity contribution in [1.29, 1.82) is 5.26 Å². The van der Waals surface area contributed by atoms with Gasteiger partial charge in [0.25, 0.3) is 0 Å². The quantitative estimate of drug-likeness (QED) is 0.818. The molecule has 0 aliphatic heterocycles. The van der Waals surface area contributed by atoms with Crippen LogP contribution in [0, 0.1) is 17.1 Å². The normalized spacial score (nSPS) is 10.6. The lowest BCUT2D eigenvalue weighted by Crippen LogP contribution is -2.33. The van der Waals surface area contributed by atoms with Crippen LogP contribution in [0.1, 0.15) is 32.8 Å². The highest BCUT2D eigenvalue weighted by molar-refractivity contribution is 5.67. The van der Waals surface area contributed by atoms with E-state index in [0.717, 1.165) is 0 Å². The van der Waals surface area contributed by atoms with Gasteiger partial charge in [-0.25, -0.2) is 9.18 Å². The number of rotatable bonds is 5. The molecule has 6 heteroatoms. The maximum absolute atomic E-state index is 13.6. The van der Waals surface area contributed by atoms with Crippen LogP contribution in [0.2, 0.25) is 0 Å². The summed E-state index contributed by atoms with van der Waals surface area (Å²) in [5.74, 6) is -0.464. The zero-order chi connectivity index (χ0) is 15.9. The second-order valence-corrected chi connectivity index (χ2v) is 5.52. The Balaban J connectivity index is 2.26. The minimum absolute atomic E-state index is 0.282. The van der Waals surface area contributed by atoms with Crippen LogP contribution < -0.4 is 10.6 Å². The number of nitrogens with zero attached hydrogens (tertiary/aromatic N) is 1. The van der Waals surface area contributed by atoms with Gasteiger partial charge in [-0.2, -0.15) is 5.26 Å². The van der Waals surface area contributed by atoms with E-state index < -0.39 is 17.5 Å². The van der Waals surface area contributed by atoms with E-state index in [4.69, 9.17) is 10.00 Å². The van der Waals surface area contributed by atoms with Crippen molar-refractivity contribution in [2.75, 3.05) is 18.4 Å². The number of hydrogen-bond donors (Lipinski definition) is 2. The van der Waals surface area contributed by atoms with E-state index in [1.54, 1.807) is 26.8 Å². The van der Waals surface area contributed by atoms with Crippen molar-refractivity contribution in [3.8, 4) is 6.07 Å². The zero-order valence-electron chi connectivity index (χ0n) is 12.5. The standard InChI is InChI=1S/C15H20FN3O2/c1-15(2,3)21-14(20)19-8-4-7-18-13-6-5-11(10-17)9-12(13)16/h5-6,9,18H,4,7-8H2,1-3H3,(H,19,20). The molecule has 1 amide bonds. The molecule has 1 aromatic rings. The molecule has 0 saturated carbocycles. The van der Waals surface area contributed by atoms with Crippen LogP contribution in [0.5, 0.6) is 0 Å². The first-order chi connectivity index (χ1) is 9.81. The predicted molar refractivity (Wildman–Crippen MR) is 78.5 cm³/mol. The van der Waals surface area contributed by atoms with E-state index in [1.807, 2.05) is 6.07 Å². The number of nitriles is 1. The monoisotopic (exact) mass is 293 g/mol.